The third-order valence-electron chi connectivity index (χ3n) is 6.07. The molecule has 1 aromatic carbocycles. The number of ether oxygens (including phenoxy) is 1. The second-order valence-electron chi connectivity index (χ2n) is 8.41. The first-order chi connectivity index (χ1) is 15.4. The maximum absolute atomic E-state index is 11.9. The zero-order chi connectivity index (χ0) is 23.1. The maximum Gasteiger partial charge on any atom is 0.253 e. The summed E-state index contributed by atoms with van der Waals surface area (Å²) in [6.07, 6.45) is 4.58. The number of amides is 2. The molecule has 1 saturated carbocycles. The fraction of sp³-hybridized carbons (Fsp3) is 0.478. The molecule has 0 aromatic heterocycles. The topological polar surface area (TPSA) is 144 Å². The average molecular weight is 439 g/mol. The van der Waals surface area contributed by atoms with Crippen molar-refractivity contribution >= 4 is 17.6 Å². The van der Waals surface area contributed by atoms with Crippen LogP contribution in [0.3, 0.4) is 0 Å². The summed E-state index contributed by atoms with van der Waals surface area (Å²) in [4.78, 5) is 26.1. The Bertz CT molecular complexity index is 939. The van der Waals surface area contributed by atoms with Crippen LogP contribution in [0.15, 0.2) is 36.0 Å². The lowest BCUT2D eigenvalue weighted by Gasteiger charge is -2.41. The number of piperidine rings is 1. The standard InChI is InChI=1S/C23H30N6O3/c1-32-19-5-3-2-4-17(19)15-29-12-9-23(8-11-24,10-13-29)27-14-18(21(26)30)20(25)28-22(31)16-6-7-16/h2-5,14,16,27H,6-10,12-13,15H2,1H3,(H2,26,30)(H2,25,28,31)/b18-14+. The molecule has 5 N–H and O–H groups in total. The monoisotopic (exact) mass is 438 g/mol. The molecule has 2 amide bonds. The van der Waals surface area contributed by atoms with Gasteiger partial charge in [-0.2, -0.15) is 5.26 Å². The first-order valence-electron chi connectivity index (χ1n) is 10.8. The minimum Gasteiger partial charge on any atom is -0.496 e. The summed E-state index contributed by atoms with van der Waals surface area (Å²) in [5.74, 6) is -0.629. The number of likely N-dealkylation sites (tertiary alicyclic amines) is 1. The molecule has 2 fully saturated rings. The van der Waals surface area contributed by atoms with Crippen molar-refractivity contribution in [2.45, 2.75) is 44.2 Å². The predicted molar refractivity (Wildman–Crippen MR) is 119 cm³/mol. The number of methoxy groups -OCH3 is 1. The molecule has 32 heavy (non-hydrogen) atoms. The molecule has 0 atom stereocenters. The summed E-state index contributed by atoms with van der Waals surface area (Å²) in [7, 11) is 1.66. The van der Waals surface area contributed by atoms with Crippen LogP contribution < -0.4 is 21.1 Å². The van der Waals surface area contributed by atoms with Crippen molar-refractivity contribution in [1.29, 1.82) is 10.7 Å². The number of hydrogen-bond acceptors (Lipinski definition) is 7. The SMILES string of the molecule is COc1ccccc1CN1CCC(CC#N)(N/C=C(\C(=N)NC(=O)C2CC2)C(N)=O)CC1. The van der Waals surface area contributed by atoms with Crippen molar-refractivity contribution in [3.05, 3.63) is 41.6 Å². The van der Waals surface area contributed by atoms with Gasteiger partial charge in [0.1, 0.15) is 11.6 Å². The van der Waals surface area contributed by atoms with Crippen LogP contribution in [0.1, 0.15) is 37.7 Å². The van der Waals surface area contributed by atoms with Gasteiger partial charge in [0.15, 0.2) is 0 Å². The van der Waals surface area contributed by atoms with E-state index in [9.17, 15) is 14.9 Å². The number of benzene rings is 1. The van der Waals surface area contributed by atoms with Gasteiger partial charge in [-0.15, -0.1) is 0 Å². The van der Waals surface area contributed by atoms with E-state index in [1.165, 1.54) is 6.20 Å². The molecule has 1 heterocycles. The van der Waals surface area contributed by atoms with E-state index in [1.54, 1.807) is 7.11 Å². The summed E-state index contributed by atoms with van der Waals surface area (Å²) < 4.78 is 5.44. The normalized spacial score (nSPS) is 18.3. The number of carbonyl (C=O) groups excluding carboxylic acids is 2. The van der Waals surface area contributed by atoms with Crippen LogP contribution in [0.25, 0.3) is 0 Å². The highest BCUT2D eigenvalue weighted by molar-refractivity contribution is 6.22. The molecule has 170 valence electrons. The largest absolute Gasteiger partial charge is 0.496 e. The van der Waals surface area contributed by atoms with Crippen LogP contribution in [0.4, 0.5) is 0 Å². The number of nitrogens with one attached hydrogen (secondary N) is 3. The molecular weight excluding hydrogens is 408 g/mol. The molecule has 1 aliphatic carbocycles. The molecule has 1 aliphatic heterocycles. The molecule has 0 radical (unpaired) electrons. The van der Waals surface area contributed by atoms with Gasteiger partial charge < -0.3 is 21.1 Å². The van der Waals surface area contributed by atoms with Gasteiger partial charge in [-0.1, -0.05) is 18.2 Å². The van der Waals surface area contributed by atoms with Crippen LogP contribution in [-0.2, 0) is 16.1 Å². The molecule has 9 heteroatoms. The quantitative estimate of drug-likeness (QED) is 0.261. The van der Waals surface area contributed by atoms with E-state index >= 15 is 0 Å². The van der Waals surface area contributed by atoms with Crippen molar-refractivity contribution in [3.8, 4) is 11.8 Å². The minimum atomic E-state index is -0.806. The number of para-hydroxylation sites is 1. The molecule has 1 aromatic rings. The van der Waals surface area contributed by atoms with Crippen molar-refractivity contribution in [2.75, 3.05) is 20.2 Å². The lowest BCUT2D eigenvalue weighted by Crippen LogP contribution is -2.51. The fourth-order valence-electron chi connectivity index (χ4n) is 3.87. The van der Waals surface area contributed by atoms with Crippen LogP contribution in [0, 0.1) is 22.7 Å². The van der Waals surface area contributed by atoms with Gasteiger partial charge in [-0.05, 0) is 31.7 Å². The van der Waals surface area contributed by atoms with E-state index in [0.29, 0.717) is 12.8 Å². The Morgan fingerprint density at radius 2 is 2.03 bits per heavy atom. The highest BCUT2D eigenvalue weighted by atomic mass is 16.5. The van der Waals surface area contributed by atoms with Gasteiger partial charge >= 0.3 is 0 Å². The second-order valence-corrected chi connectivity index (χ2v) is 8.41. The smallest absolute Gasteiger partial charge is 0.253 e. The van der Waals surface area contributed by atoms with Gasteiger partial charge in [0.05, 0.1) is 30.7 Å². The maximum atomic E-state index is 11.9. The van der Waals surface area contributed by atoms with E-state index in [1.807, 2.05) is 24.3 Å². The minimum absolute atomic E-state index is 0.0880. The molecule has 0 spiro atoms. The predicted octanol–water partition coefficient (Wildman–Crippen LogP) is 1.41. The van der Waals surface area contributed by atoms with Crippen LogP contribution in [-0.4, -0.2) is 48.3 Å². The van der Waals surface area contributed by atoms with Crippen molar-refractivity contribution in [2.24, 2.45) is 11.7 Å². The Morgan fingerprint density at radius 1 is 1.34 bits per heavy atom. The number of rotatable bonds is 9. The Kier molecular flexibility index (Phi) is 7.49. The number of carbonyl (C=O) groups is 2. The van der Waals surface area contributed by atoms with Gasteiger partial charge in [-0.25, -0.2) is 0 Å². The van der Waals surface area contributed by atoms with Gasteiger partial charge in [0, 0.05) is 37.3 Å². The zero-order valence-corrected chi connectivity index (χ0v) is 18.3. The summed E-state index contributed by atoms with van der Waals surface area (Å²) in [6, 6.07) is 10.1. The lowest BCUT2D eigenvalue weighted by molar-refractivity contribution is -0.120. The molecule has 9 nitrogen and oxygen atoms in total. The Hall–Kier alpha value is -3.38. The van der Waals surface area contributed by atoms with Crippen LogP contribution in [0.5, 0.6) is 5.75 Å². The first kappa shape index (κ1) is 23.3. The first-order valence-corrected chi connectivity index (χ1v) is 10.8. The van der Waals surface area contributed by atoms with Crippen molar-refractivity contribution < 1.29 is 14.3 Å². The third kappa shape index (κ3) is 5.86. The van der Waals surface area contributed by atoms with Crippen LogP contribution in [0.2, 0.25) is 0 Å². The Morgan fingerprint density at radius 3 is 2.62 bits per heavy atom. The van der Waals surface area contributed by atoms with E-state index in [-0.39, 0.29) is 29.7 Å². The zero-order valence-electron chi connectivity index (χ0n) is 18.3. The summed E-state index contributed by atoms with van der Waals surface area (Å²) in [6.45, 7) is 2.25. The van der Waals surface area contributed by atoms with E-state index in [2.05, 4.69) is 21.6 Å². The van der Waals surface area contributed by atoms with Crippen molar-refractivity contribution in [3.63, 3.8) is 0 Å². The van der Waals surface area contributed by atoms with Crippen LogP contribution >= 0.6 is 0 Å². The van der Waals surface area contributed by atoms with E-state index < -0.39 is 11.4 Å². The second kappa shape index (κ2) is 10.3. The molecule has 0 bridgehead atoms. The van der Waals surface area contributed by atoms with Crippen molar-refractivity contribution in [1.82, 2.24) is 15.5 Å². The average Bonchev–Trinajstić information content (AvgIpc) is 3.61. The van der Waals surface area contributed by atoms with Gasteiger partial charge in [0.2, 0.25) is 5.91 Å². The highest BCUT2D eigenvalue weighted by Crippen LogP contribution is 2.29. The number of amidine groups is 1. The fourth-order valence-corrected chi connectivity index (χ4v) is 3.87. The molecule has 1 saturated heterocycles. The Balaban J connectivity index is 1.65. The van der Waals surface area contributed by atoms with E-state index in [0.717, 1.165) is 43.8 Å². The van der Waals surface area contributed by atoms with E-state index in [4.69, 9.17) is 15.9 Å². The highest BCUT2D eigenvalue weighted by Gasteiger charge is 2.35. The molecule has 0 unspecified atom stereocenters. The van der Waals surface area contributed by atoms with Gasteiger partial charge in [0.25, 0.3) is 5.91 Å². The number of nitriles is 1. The number of nitrogens with two attached hydrogens (primary N) is 1. The number of nitrogens with zero attached hydrogens (tertiary/aromatic N) is 2. The lowest BCUT2D eigenvalue weighted by atomic mass is 9.84. The number of primary amides is 1. The molecular formula is C23H30N6O3. The summed E-state index contributed by atoms with van der Waals surface area (Å²) >= 11 is 0. The summed E-state index contributed by atoms with van der Waals surface area (Å²) in [5.41, 5.74) is 5.91. The Labute approximate surface area is 188 Å². The third-order valence-corrected chi connectivity index (χ3v) is 6.07. The summed E-state index contributed by atoms with van der Waals surface area (Å²) in [5, 5.41) is 23.1. The molecule has 2 aliphatic rings. The number of hydrogen-bond donors (Lipinski definition) is 4. The van der Waals surface area contributed by atoms with Gasteiger partial charge in [-0.3, -0.25) is 19.9 Å². The molecule has 3 rings (SSSR count).